The summed E-state index contributed by atoms with van der Waals surface area (Å²) in [6, 6.07) is 10.7. The molecule has 8 fully saturated rings. The number of aromatic nitrogens is 2. The lowest BCUT2D eigenvalue weighted by atomic mass is 9.40. The van der Waals surface area contributed by atoms with Crippen LogP contribution in [-0.4, -0.2) is 59.4 Å². The summed E-state index contributed by atoms with van der Waals surface area (Å²) in [6.07, 6.45) is 22.8. The summed E-state index contributed by atoms with van der Waals surface area (Å²) >= 11 is 0. The van der Waals surface area contributed by atoms with Crippen molar-refractivity contribution in [2.75, 3.05) is 14.2 Å². The van der Waals surface area contributed by atoms with Crippen LogP contribution in [0.5, 0.6) is 0 Å². The molecule has 8 saturated carbocycles. The van der Waals surface area contributed by atoms with Crippen LogP contribution in [0.15, 0.2) is 59.0 Å². The van der Waals surface area contributed by atoms with E-state index < -0.39 is 0 Å². The van der Waals surface area contributed by atoms with E-state index in [0.717, 1.165) is 101 Å². The molecule has 12 heteroatoms. The third kappa shape index (κ3) is 7.26. The Labute approximate surface area is 392 Å². The second-order valence-corrected chi connectivity index (χ2v) is 23.9. The lowest BCUT2D eigenvalue weighted by Crippen LogP contribution is -2.58. The number of carbonyl (C=O) groups excluding carboxylic acids is 4. The maximum Gasteiger partial charge on any atom is 0.311 e. The summed E-state index contributed by atoms with van der Waals surface area (Å²) in [5.41, 5.74) is 8.72. The van der Waals surface area contributed by atoms with E-state index in [-0.39, 0.29) is 67.1 Å². The Balaban J connectivity index is 0.000000166. The first-order valence-electron chi connectivity index (χ1n) is 25.1. The summed E-state index contributed by atoms with van der Waals surface area (Å²) < 4.78 is 10.6. The Kier molecular flexibility index (Phi) is 11.8. The van der Waals surface area contributed by atoms with E-state index in [0.29, 0.717) is 35.1 Å². The maximum absolute atomic E-state index is 12.9. The average molecular weight is 903 g/mol. The van der Waals surface area contributed by atoms with Gasteiger partial charge < -0.3 is 9.47 Å². The maximum atomic E-state index is 12.9. The molecule has 2 aromatic rings. The van der Waals surface area contributed by atoms with Gasteiger partial charge in [0.25, 0.3) is 11.8 Å². The van der Waals surface area contributed by atoms with Gasteiger partial charge in [0, 0.05) is 34.6 Å². The van der Waals surface area contributed by atoms with E-state index in [1.54, 1.807) is 36.7 Å². The number of hydrogen-bond acceptors (Lipinski definition) is 10. The predicted molar refractivity (Wildman–Crippen MR) is 253 cm³/mol. The third-order valence-electron chi connectivity index (χ3n) is 20.5. The van der Waals surface area contributed by atoms with Gasteiger partial charge in [0.05, 0.1) is 25.0 Å². The third-order valence-corrected chi connectivity index (χ3v) is 20.5. The molecule has 356 valence electrons. The Bertz CT molecular complexity index is 2150. The fraction of sp³-hybridized carbons (Fsp3) is 0.704. The summed E-state index contributed by atoms with van der Waals surface area (Å²) in [5, 5.41) is 9.40. The van der Waals surface area contributed by atoms with Gasteiger partial charge in [-0.2, -0.15) is 10.2 Å². The lowest BCUT2D eigenvalue weighted by molar-refractivity contribution is -0.185. The van der Waals surface area contributed by atoms with Crippen LogP contribution in [0.1, 0.15) is 178 Å². The number of carbonyl (C=O) groups is 4. The lowest BCUT2D eigenvalue weighted by Gasteiger charge is -2.64. The topological polar surface area (TPSA) is 161 Å². The van der Waals surface area contributed by atoms with Crippen LogP contribution in [0.2, 0.25) is 0 Å². The van der Waals surface area contributed by atoms with E-state index in [2.05, 4.69) is 62.4 Å². The van der Waals surface area contributed by atoms with Gasteiger partial charge in [-0.05, 0) is 186 Å². The molecule has 0 radical (unpaired) electrons. The number of amides is 2. The van der Waals surface area contributed by atoms with Gasteiger partial charge in [0.2, 0.25) is 0 Å². The Morgan fingerprint density at radius 1 is 0.545 bits per heavy atom. The average Bonchev–Trinajstić information content (AvgIpc) is 3.65. The molecular formula is C54H74N6O6. The number of ether oxygens (including phenoxy) is 2. The number of nitrogens with one attached hydrogen (secondary N) is 2. The zero-order valence-corrected chi connectivity index (χ0v) is 40.9. The predicted octanol–water partition coefficient (Wildman–Crippen LogP) is 10.3. The molecule has 0 saturated heterocycles. The van der Waals surface area contributed by atoms with Crippen LogP contribution in [0, 0.1) is 67.0 Å². The van der Waals surface area contributed by atoms with Gasteiger partial charge in [-0.15, -0.1) is 0 Å². The van der Waals surface area contributed by atoms with Gasteiger partial charge in [0.15, 0.2) is 0 Å². The normalized spacial score (nSPS) is 42.8. The van der Waals surface area contributed by atoms with Gasteiger partial charge in [-0.25, -0.2) is 10.9 Å². The molecule has 2 N–H and O–H groups in total. The highest BCUT2D eigenvalue weighted by Crippen LogP contribution is 2.75. The minimum Gasteiger partial charge on any atom is -0.469 e. The minimum atomic E-state index is -0.379. The van der Waals surface area contributed by atoms with E-state index >= 15 is 0 Å². The monoisotopic (exact) mass is 903 g/mol. The molecule has 0 unspecified atom stereocenters. The van der Waals surface area contributed by atoms with Crippen molar-refractivity contribution in [1.82, 2.24) is 20.8 Å². The summed E-state index contributed by atoms with van der Waals surface area (Å²) in [6.45, 7) is 13.9. The first-order valence-corrected chi connectivity index (χ1v) is 25.1. The first-order chi connectivity index (χ1) is 31.3. The van der Waals surface area contributed by atoms with E-state index in [1.165, 1.54) is 39.9 Å². The highest BCUT2D eigenvalue weighted by molar-refractivity contribution is 5.98. The number of rotatable bonds is 6. The zero-order valence-electron chi connectivity index (χ0n) is 40.9. The molecule has 12 atom stereocenters. The number of pyridine rings is 2. The smallest absolute Gasteiger partial charge is 0.311 e. The van der Waals surface area contributed by atoms with Crippen molar-refractivity contribution in [1.29, 1.82) is 0 Å². The van der Waals surface area contributed by atoms with Crippen molar-refractivity contribution in [3.05, 3.63) is 60.2 Å². The van der Waals surface area contributed by atoms with Crippen LogP contribution >= 0.6 is 0 Å². The van der Waals surface area contributed by atoms with Crippen molar-refractivity contribution in [3.63, 3.8) is 0 Å². The Morgan fingerprint density at radius 2 is 0.939 bits per heavy atom. The van der Waals surface area contributed by atoms with Crippen LogP contribution in [-0.2, 0) is 19.1 Å². The zero-order chi connectivity index (χ0) is 47.0. The summed E-state index contributed by atoms with van der Waals surface area (Å²) in [7, 11) is 3.07. The fourth-order valence-corrected chi connectivity index (χ4v) is 17.7. The molecule has 0 aliphatic heterocycles. The number of fused-ring (bicyclic) bond motifs is 6. The Hall–Kier alpha value is -4.48. The van der Waals surface area contributed by atoms with Crippen LogP contribution in [0.25, 0.3) is 0 Å². The van der Waals surface area contributed by atoms with Crippen molar-refractivity contribution in [3.8, 4) is 0 Å². The van der Waals surface area contributed by atoms with Gasteiger partial charge >= 0.3 is 11.9 Å². The number of hydrazone groups is 2. The molecular weight excluding hydrogens is 829 g/mol. The second kappa shape index (κ2) is 16.6. The number of methoxy groups -OCH3 is 2. The SMILES string of the molecule is COC(=O)[C@]1(C)CCC[C@@]2(C)[C@@H]3CC[C@@]4(C)C[C@]3(CC[C@@H]21)C/C4=N\NC(=O)c1ccccn1.COC(=O)[C@]1(C)CCC[C@@]2(C)[C@@H]3CC[C@@]4(C)C[C@]3(CC[C@@H]21)C/C4=N\NC(=O)c1ccccn1. The molecule has 66 heavy (non-hydrogen) atoms. The van der Waals surface area contributed by atoms with Gasteiger partial charge in [-0.1, -0.05) is 52.7 Å². The molecule has 8 aliphatic carbocycles. The van der Waals surface area contributed by atoms with Crippen LogP contribution < -0.4 is 10.9 Å². The molecule has 2 heterocycles. The molecule has 4 bridgehead atoms. The van der Waals surface area contributed by atoms with Crippen LogP contribution in [0.4, 0.5) is 0 Å². The van der Waals surface area contributed by atoms with Crippen molar-refractivity contribution in [2.45, 2.75) is 157 Å². The fourth-order valence-electron chi connectivity index (χ4n) is 17.7. The molecule has 8 aliphatic rings. The van der Waals surface area contributed by atoms with Gasteiger partial charge in [-0.3, -0.25) is 29.1 Å². The van der Waals surface area contributed by atoms with Gasteiger partial charge in [0.1, 0.15) is 11.4 Å². The first kappa shape index (κ1) is 46.6. The van der Waals surface area contributed by atoms with E-state index in [1.807, 2.05) is 12.1 Å². The molecule has 2 spiro atoms. The highest BCUT2D eigenvalue weighted by atomic mass is 16.5. The molecule has 12 nitrogen and oxygen atoms in total. The van der Waals surface area contributed by atoms with Crippen molar-refractivity contribution in [2.24, 2.45) is 77.2 Å². The highest BCUT2D eigenvalue weighted by Gasteiger charge is 2.69. The number of esters is 2. The largest absolute Gasteiger partial charge is 0.469 e. The van der Waals surface area contributed by atoms with Crippen molar-refractivity contribution < 1.29 is 28.7 Å². The Morgan fingerprint density at radius 3 is 1.30 bits per heavy atom. The number of hydrogen-bond donors (Lipinski definition) is 2. The second-order valence-electron chi connectivity index (χ2n) is 23.9. The summed E-state index contributed by atoms with van der Waals surface area (Å²) in [5.74, 6) is 1.35. The quantitative estimate of drug-likeness (QED) is 0.214. The molecule has 0 aromatic carbocycles. The minimum absolute atomic E-state index is 0.0269. The van der Waals surface area contributed by atoms with Crippen LogP contribution in [0.3, 0.4) is 0 Å². The van der Waals surface area contributed by atoms with E-state index in [9.17, 15) is 19.2 Å². The van der Waals surface area contributed by atoms with Crippen molar-refractivity contribution >= 4 is 35.2 Å². The summed E-state index contributed by atoms with van der Waals surface area (Å²) in [4.78, 5) is 59.2. The molecule has 2 aromatic heterocycles. The molecule has 2 amide bonds. The standard InChI is InChI=1S/2C27H37N3O3/c2*1-24-13-9-20-25(2)11-7-12-26(3,23(32)33-4)19(25)10-14-27(20,17-24)16-21(24)29-30-22(31)18-8-5-6-15-28-18/h2*5-6,8,15,19-20H,7,9-14,16-17H2,1-4H3,(H,30,31)/b2*29-21+/t2*19-,20-,24-,25+,26+,27-/m00/s1. The van der Waals surface area contributed by atoms with E-state index in [4.69, 9.17) is 19.7 Å². The number of nitrogens with zero attached hydrogens (tertiary/aromatic N) is 4. The molecule has 10 rings (SSSR count).